The van der Waals surface area contributed by atoms with Gasteiger partial charge in [0.2, 0.25) is 0 Å². The third-order valence-electron chi connectivity index (χ3n) is 6.33. The molecule has 2 aromatic heterocycles. The van der Waals surface area contributed by atoms with E-state index in [1.54, 1.807) is 0 Å². The molecule has 0 aliphatic heterocycles. The molecule has 2 saturated carbocycles. The van der Waals surface area contributed by atoms with Crippen LogP contribution in [-0.2, 0) is 4.74 Å². The fourth-order valence-corrected chi connectivity index (χ4v) is 5.01. The molecule has 36 heavy (non-hydrogen) atoms. The molecule has 2 aliphatic carbocycles. The van der Waals surface area contributed by atoms with Gasteiger partial charge in [0.15, 0.2) is 22.1 Å². The summed E-state index contributed by atoms with van der Waals surface area (Å²) in [6.07, 6.45) is -1.93. The fourth-order valence-electron chi connectivity index (χ4n) is 4.32. The Labute approximate surface area is 217 Å². The highest BCUT2D eigenvalue weighted by Crippen LogP contribution is 2.44. The van der Waals surface area contributed by atoms with Gasteiger partial charge in [-0.1, -0.05) is 36.0 Å². The van der Waals surface area contributed by atoms with Crippen molar-refractivity contribution in [3.8, 4) is 0 Å². The number of ether oxygens (including phenoxy) is 1. The van der Waals surface area contributed by atoms with Crippen LogP contribution < -0.4 is 5.32 Å². The van der Waals surface area contributed by atoms with Gasteiger partial charge in [-0.25, -0.2) is 19.0 Å². The predicted octanol–water partition coefficient (Wildman–Crippen LogP) is 2.18. The molecule has 0 radical (unpaired) electrons. The number of aliphatic hydroxyl groups is 3. The van der Waals surface area contributed by atoms with Crippen molar-refractivity contribution in [1.29, 1.82) is 0 Å². The molecule has 2 aliphatic rings. The van der Waals surface area contributed by atoms with E-state index in [1.807, 2.05) is 6.92 Å². The average Bonchev–Trinajstić information content (AvgIpc) is 3.25. The number of rotatable bonds is 10. The van der Waals surface area contributed by atoms with Crippen LogP contribution in [0, 0.1) is 12.7 Å². The summed E-state index contributed by atoms with van der Waals surface area (Å²) >= 11 is 1.39. The number of nitrogens with zero attached hydrogens (tertiary/aromatic N) is 5. The van der Waals surface area contributed by atoms with Crippen LogP contribution in [0.4, 0.5) is 10.2 Å². The monoisotopic (exact) mass is 522 g/mol. The number of hydrogen-bond donors (Lipinski definition) is 4. The van der Waals surface area contributed by atoms with Crippen LogP contribution in [0.25, 0.3) is 11.2 Å². The maximum Gasteiger partial charge on any atom is 0.191 e. The fraction of sp³-hybridized carbons (Fsp3) is 0.583. The van der Waals surface area contributed by atoms with Crippen LogP contribution in [0.1, 0.15) is 54.7 Å². The lowest BCUT2D eigenvalue weighted by Crippen LogP contribution is -2.33. The molecule has 2 fully saturated rings. The smallest absolute Gasteiger partial charge is 0.191 e. The number of nitrogens with one attached hydrogen (secondary N) is 1. The third kappa shape index (κ3) is 4.92. The first-order valence-corrected chi connectivity index (χ1v) is 12.9. The first kappa shape index (κ1) is 20.7. The van der Waals surface area contributed by atoms with Crippen molar-refractivity contribution >= 4 is 28.7 Å². The van der Waals surface area contributed by atoms with E-state index in [9.17, 15) is 14.6 Å². The molecule has 0 unspecified atom stereocenters. The van der Waals surface area contributed by atoms with E-state index in [-0.39, 0.29) is 60.6 Å². The van der Waals surface area contributed by atoms with E-state index >= 15 is 0 Å². The SMILES string of the molecule is [2H]c1c([2H])c([C@]2([2H])C[C@H]2Nc2nc(SCCC)nc3c2nnn3[C@@H]2C[C@H](OCCO)[C@@H](O)[C@H]2O)c([2H])c(F)c1C. The molecule has 12 heteroatoms. The first-order chi connectivity index (χ1) is 19.0. The molecule has 4 N–H and O–H groups in total. The van der Waals surface area contributed by atoms with Gasteiger partial charge in [-0.15, -0.1) is 5.10 Å². The summed E-state index contributed by atoms with van der Waals surface area (Å²) < 4.78 is 55.1. The Morgan fingerprint density at radius 3 is 2.92 bits per heavy atom. The topological polar surface area (TPSA) is 138 Å². The van der Waals surface area contributed by atoms with Crippen LogP contribution in [0.15, 0.2) is 23.3 Å². The van der Waals surface area contributed by atoms with Crippen molar-refractivity contribution in [1.82, 2.24) is 25.0 Å². The Balaban J connectivity index is 1.49. The summed E-state index contributed by atoms with van der Waals surface area (Å²) in [6.45, 7) is 3.14. The van der Waals surface area contributed by atoms with Crippen LogP contribution in [0.5, 0.6) is 0 Å². The lowest BCUT2D eigenvalue weighted by atomic mass is 10.1. The summed E-state index contributed by atoms with van der Waals surface area (Å²) in [6, 6.07) is -2.60. The maximum absolute atomic E-state index is 14.6. The lowest BCUT2D eigenvalue weighted by molar-refractivity contribution is -0.0629. The summed E-state index contributed by atoms with van der Waals surface area (Å²) in [4.78, 5) is 9.18. The number of hydrogen-bond acceptors (Lipinski definition) is 10. The van der Waals surface area contributed by atoms with Gasteiger partial charge in [0, 0.05) is 25.5 Å². The Hall–Kier alpha value is -2.38. The van der Waals surface area contributed by atoms with Gasteiger partial charge in [0.05, 0.1) is 29.5 Å². The molecule has 10 nitrogen and oxygen atoms in total. The van der Waals surface area contributed by atoms with Gasteiger partial charge in [0.25, 0.3) is 0 Å². The normalized spacial score (nSPS) is 31.2. The average molecular weight is 523 g/mol. The van der Waals surface area contributed by atoms with Gasteiger partial charge in [0.1, 0.15) is 18.0 Å². The third-order valence-corrected chi connectivity index (χ3v) is 7.38. The van der Waals surface area contributed by atoms with Crippen molar-refractivity contribution in [2.45, 2.75) is 74.6 Å². The molecular weight excluding hydrogens is 487 g/mol. The summed E-state index contributed by atoms with van der Waals surface area (Å²) in [5.74, 6) is -1.45. The quantitative estimate of drug-likeness (QED) is 0.231. The molecule has 6 atom stereocenters. The number of halogens is 1. The number of anilines is 1. The Morgan fingerprint density at radius 1 is 1.31 bits per heavy atom. The number of benzene rings is 1. The van der Waals surface area contributed by atoms with Crippen molar-refractivity contribution in [2.75, 3.05) is 24.3 Å². The summed E-state index contributed by atoms with van der Waals surface area (Å²) in [7, 11) is 0. The maximum atomic E-state index is 14.6. The summed E-state index contributed by atoms with van der Waals surface area (Å²) in [5, 5.41) is 42.3. The van der Waals surface area contributed by atoms with Crippen LogP contribution >= 0.6 is 11.8 Å². The van der Waals surface area contributed by atoms with Gasteiger partial charge < -0.3 is 25.4 Å². The highest BCUT2D eigenvalue weighted by Gasteiger charge is 2.45. The molecule has 1 aromatic carbocycles. The van der Waals surface area contributed by atoms with Crippen molar-refractivity contribution in [3.05, 3.63) is 35.1 Å². The Bertz CT molecular complexity index is 1410. The van der Waals surface area contributed by atoms with Gasteiger partial charge >= 0.3 is 0 Å². The Morgan fingerprint density at radius 2 is 2.14 bits per heavy atom. The summed E-state index contributed by atoms with van der Waals surface area (Å²) in [5.41, 5.74) is 0.306. The van der Waals surface area contributed by atoms with Gasteiger partial charge in [-0.05, 0) is 36.9 Å². The molecule has 5 rings (SSSR count). The lowest BCUT2D eigenvalue weighted by Gasteiger charge is -2.17. The van der Waals surface area contributed by atoms with Crippen molar-refractivity contribution in [3.63, 3.8) is 0 Å². The second-order valence-corrected chi connectivity index (χ2v) is 10.0. The van der Waals surface area contributed by atoms with E-state index in [1.165, 1.54) is 23.4 Å². The number of thioether (sulfide) groups is 1. The van der Waals surface area contributed by atoms with E-state index in [0.717, 1.165) is 12.2 Å². The minimum Gasteiger partial charge on any atom is -0.394 e. The van der Waals surface area contributed by atoms with Crippen molar-refractivity contribution in [2.24, 2.45) is 0 Å². The van der Waals surface area contributed by atoms with E-state index in [2.05, 4.69) is 25.6 Å². The molecule has 0 bridgehead atoms. The number of aliphatic hydroxyl groups excluding tert-OH is 3. The van der Waals surface area contributed by atoms with Crippen LogP contribution in [0.2, 0.25) is 0 Å². The first-order valence-electron chi connectivity index (χ1n) is 13.9. The van der Waals surface area contributed by atoms with Gasteiger partial charge in [-0.3, -0.25) is 0 Å². The molecule has 0 spiro atoms. The van der Waals surface area contributed by atoms with E-state index in [0.29, 0.717) is 10.8 Å². The second-order valence-electron chi connectivity index (χ2n) is 8.94. The molecule has 2 heterocycles. The molecule has 194 valence electrons. The Kier molecular flexibility index (Phi) is 6.05. The number of fused-ring (bicyclic) bond motifs is 1. The molecule has 3 aromatic rings. The van der Waals surface area contributed by atoms with Crippen molar-refractivity contribution < 1.29 is 29.9 Å². The zero-order chi connectivity index (χ0) is 28.9. The number of aromatic nitrogens is 5. The van der Waals surface area contributed by atoms with Crippen LogP contribution in [-0.4, -0.2) is 83.6 Å². The second kappa shape index (κ2) is 10.5. The van der Waals surface area contributed by atoms with Gasteiger partial charge in [-0.2, -0.15) is 0 Å². The largest absolute Gasteiger partial charge is 0.394 e. The van der Waals surface area contributed by atoms with Crippen LogP contribution in [0.3, 0.4) is 0 Å². The minimum absolute atomic E-state index is 0.0102. The molecular formula is C24H31FN6O4S. The predicted molar refractivity (Wildman–Crippen MR) is 133 cm³/mol. The zero-order valence-electron chi connectivity index (χ0n) is 23.9. The van der Waals surface area contributed by atoms with E-state index in [4.69, 9.17) is 15.3 Å². The highest BCUT2D eigenvalue weighted by atomic mass is 32.2. The molecule has 0 saturated heterocycles. The molecule has 0 amide bonds. The minimum atomic E-state index is -1.52. The standard InChI is InChI=1S/C24H31FN6O4S/c1-3-8-36-24-27-22(26-16-10-14(16)13-5-4-12(2)15(25)9-13)19-23(28-24)31(30-29-19)17-11-18(35-7-6-32)21(34)20(17)33/h4-5,9,14,16-18,20-21,32-34H,3,6-8,10-11H2,1-2H3,(H,26,27,28)/t14-,16+,17+,18-,20-,21+/m0/s1/i4D,5D,9D,14D. The van der Waals surface area contributed by atoms with E-state index < -0.39 is 48.1 Å². The highest BCUT2D eigenvalue weighted by molar-refractivity contribution is 7.99. The zero-order valence-corrected chi connectivity index (χ0v) is 20.7.